The number of nitrogens with zero attached hydrogens (tertiary/aromatic N) is 2. The second-order valence-electron chi connectivity index (χ2n) is 4.48. The summed E-state index contributed by atoms with van der Waals surface area (Å²) in [6.45, 7) is 6.25. The largest absolute Gasteiger partial charge is 0.462 e. The minimum absolute atomic E-state index is 0.152. The van der Waals surface area contributed by atoms with Crippen molar-refractivity contribution in [1.82, 2.24) is 4.98 Å². The van der Waals surface area contributed by atoms with E-state index in [0.29, 0.717) is 24.5 Å². The van der Waals surface area contributed by atoms with E-state index >= 15 is 0 Å². The van der Waals surface area contributed by atoms with Crippen LogP contribution in [0.1, 0.15) is 24.2 Å². The third-order valence-corrected chi connectivity index (χ3v) is 2.98. The van der Waals surface area contributed by atoms with Gasteiger partial charge in [-0.15, -0.1) is 0 Å². The number of ether oxygens (including phenoxy) is 2. The van der Waals surface area contributed by atoms with Gasteiger partial charge in [0, 0.05) is 13.1 Å². The zero-order valence-electron chi connectivity index (χ0n) is 11.3. The van der Waals surface area contributed by atoms with E-state index < -0.39 is 5.97 Å². The highest BCUT2D eigenvalue weighted by atomic mass is 16.5. The molecule has 1 aliphatic rings. The predicted molar refractivity (Wildman–Crippen MR) is 72.2 cm³/mol. The fourth-order valence-corrected chi connectivity index (χ4v) is 2.04. The first-order valence-electron chi connectivity index (χ1n) is 6.41. The Balaban J connectivity index is 2.22. The average Bonchev–Trinajstić information content (AvgIpc) is 2.39. The fraction of sp³-hybridized carbons (Fsp3) is 0.538. The number of hydrogen-bond acceptors (Lipinski definition) is 6. The van der Waals surface area contributed by atoms with Crippen molar-refractivity contribution in [3.05, 3.63) is 17.8 Å². The molecule has 2 heterocycles. The van der Waals surface area contributed by atoms with Gasteiger partial charge in [-0.05, 0) is 19.9 Å². The Hall–Kier alpha value is -1.82. The quantitative estimate of drug-likeness (QED) is 0.824. The van der Waals surface area contributed by atoms with Gasteiger partial charge >= 0.3 is 5.97 Å². The van der Waals surface area contributed by atoms with E-state index in [1.807, 2.05) is 6.92 Å². The van der Waals surface area contributed by atoms with Crippen molar-refractivity contribution in [2.75, 3.05) is 36.9 Å². The van der Waals surface area contributed by atoms with Gasteiger partial charge in [-0.3, -0.25) is 0 Å². The molecule has 0 aromatic carbocycles. The van der Waals surface area contributed by atoms with E-state index in [2.05, 4.69) is 9.88 Å². The van der Waals surface area contributed by atoms with Gasteiger partial charge in [-0.2, -0.15) is 0 Å². The summed E-state index contributed by atoms with van der Waals surface area (Å²) in [7, 11) is 0. The van der Waals surface area contributed by atoms with Crippen LogP contribution in [0.4, 0.5) is 11.5 Å². The SMILES string of the molecule is CCOC(=O)c1cc(N2CCOC(C)C2)ncc1N. The van der Waals surface area contributed by atoms with Crippen LogP contribution in [0.5, 0.6) is 0 Å². The van der Waals surface area contributed by atoms with Crippen LogP contribution >= 0.6 is 0 Å². The Labute approximate surface area is 112 Å². The van der Waals surface area contributed by atoms with Gasteiger partial charge in [0.15, 0.2) is 0 Å². The molecule has 0 bridgehead atoms. The van der Waals surface area contributed by atoms with Crippen molar-refractivity contribution < 1.29 is 14.3 Å². The van der Waals surface area contributed by atoms with Crippen LogP contribution in [-0.4, -0.2) is 43.4 Å². The lowest BCUT2D eigenvalue weighted by Crippen LogP contribution is -2.41. The van der Waals surface area contributed by atoms with Crippen LogP contribution in [0.2, 0.25) is 0 Å². The van der Waals surface area contributed by atoms with Crippen molar-refractivity contribution >= 4 is 17.5 Å². The van der Waals surface area contributed by atoms with Crippen LogP contribution in [0.25, 0.3) is 0 Å². The van der Waals surface area contributed by atoms with Gasteiger partial charge in [0.05, 0.1) is 36.8 Å². The Morgan fingerprint density at radius 3 is 3.16 bits per heavy atom. The number of nitrogens with two attached hydrogens (primary N) is 1. The Bertz CT molecular complexity index is 464. The normalized spacial score (nSPS) is 19.3. The molecule has 1 unspecified atom stereocenters. The van der Waals surface area contributed by atoms with Crippen LogP contribution in [0.15, 0.2) is 12.3 Å². The molecule has 6 nitrogen and oxygen atoms in total. The molecule has 104 valence electrons. The number of aromatic nitrogens is 1. The van der Waals surface area contributed by atoms with Crippen molar-refractivity contribution in [2.24, 2.45) is 0 Å². The lowest BCUT2D eigenvalue weighted by atomic mass is 10.2. The van der Waals surface area contributed by atoms with Crippen molar-refractivity contribution in [3.63, 3.8) is 0 Å². The summed E-state index contributed by atoms with van der Waals surface area (Å²) in [6, 6.07) is 1.69. The highest BCUT2D eigenvalue weighted by molar-refractivity contribution is 5.95. The van der Waals surface area contributed by atoms with E-state index in [0.717, 1.165) is 18.9 Å². The van der Waals surface area contributed by atoms with E-state index in [-0.39, 0.29) is 6.10 Å². The molecule has 1 atom stereocenters. The lowest BCUT2D eigenvalue weighted by Gasteiger charge is -2.32. The summed E-state index contributed by atoms with van der Waals surface area (Å²) in [5, 5.41) is 0. The molecule has 2 rings (SSSR count). The lowest BCUT2D eigenvalue weighted by molar-refractivity contribution is 0.0525. The summed E-state index contributed by atoms with van der Waals surface area (Å²) in [6.07, 6.45) is 1.65. The molecule has 1 saturated heterocycles. The molecule has 1 aromatic rings. The van der Waals surface area contributed by atoms with Crippen molar-refractivity contribution in [1.29, 1.82) is 0 Å². The van der Waals surface area contributed by atoms with Crippen molar-refractivity contribution in [3.8, 4) is 0 Å². The first-order chi connectivity index (χ1) is 9.11. The summed E-state index contributed by atoms with van der Waals surface area (Å²) in [4.78, 5) is 18.1. The number of carbonyl (C=O) groups is 1. The Morgan fingerprint density at radius 2 is 2.47 bits per heavy atom. The minimum atomic E-state index is -0.412. The molecule has 0 aliphatic carbocycles. The molecule has 0 radical (unpaired) electrons. The van der Waals surface area contributed by atoms with E-state index in [9.17, 15) is 4.79 Å². The van der Waals surface area contributed by atoms with Crippen LogP contribution in [0, 0.1) is 0 Å². The molecule has 6 heteroatoms. The Morgan fingerprint density at radius 1 is 1.68 bits per heavy atom. The van der Waals surface area contributed by atoms with Gasteiger partial charge in [0.1, 0.15) is 5.82 Å². The number of pyridine rings is 1. The second kappa shape index (κ2) is 5.88. The third kappa shape index (κ3) is 3.14. The van der Waals surface area contributed by atoms with Crippen LogP contribution < -0.4 is 10.6 Å². The number of rotatable bonds is 3. The monoisotopic (exact) mass is 265 g/mol. The Kier molecular flexibility index (Phi) is 4.21. The van der Waals surface area contributed by atoms with Crippen LogP contribution in [0.3, 0.4) is 0 Å². The molecule has 1 aromatic heterocycles. The smallest absolute Gasteiger partial charge is 0.340 e. The van der Waals surface area contributed by atoms with Gasteiger partial charge in [0.2, 0.25) is 0 Å². The number of nitrogen functional groups attached to an aromatic ring is 1. The number of morpholine rings is 1. The van der Waals surface area contributed by atoms with E-state index in [1.54, 1.807) is 13.0 Å². The number of carbonyl (C=O) groups excluding carboxylic acids is 1. The highest BCUT2D eigenvalue weighted by Gasteiger charge is 2.20. The molecule has 0 amide bonds. The van der Waals surface area contributed by atoms with Crippen LogP contribution in [-0.2, 0) is 9.47 Å². The molecule has 1 aliphatic heterocycles. The van der Waals surface area contributed by atoms with Gasteiger partial charge in [0.25, 0.3) is 0 Å². The maximum absolute atomic E-state index is 11.8. The zero-order chi connectivity index (χ0) is 13.8. The topological polar surface area (TPSA) is 77.7 Å². The zero-order valence-corrected chi connectivity index (χ0v) is 11.3. The van der Waals surface area contributed by atoms with Gasteiger partial charge < -0.3 is 20.1 Å². The highest BCUT2D eigenvalue weighted by Crippen LogP contribution is 2.21. The molecule has 2 N–H and O–H groups in total. The maximum atomic E-state index is 11.8. The summed E-state index contributed by atoms with van der Waals surface area (Å²) in [5.74, 6) is 0.317. The summed E-state index contributed by atoms with van der Waals surface area (Å²) >= 11 is 0. The molecule has 19 heavy (non-hydrogen) atoms. The first kappa shape index (κ1) is 13.6. The number of esters is 1. The molecular formula is C13H19N3O3. The standard InChI is InChI=1S/C13H19N3O3/c1-3-18-13(17)10-6-12(15-7-11(10)14)16-4-5-19-9(2)8-16/h6-7,9H,3-5,8,14H2,1-2H3. The minimum Gasteiger partial charge on any atom is -0.462 e. The molecule has 1 fully saturated rings. The average molecular weight is 265 g/mol. The predicted octanol–water partition coefficient (Wildman–Crippen LogP) is 1.07. The van der Waals surface area contributed by atoms with E-state index in [1.165, 1.54) is 6.20 Å². The molecule has 0 saturated carbocycles. The summed E-state index contributed by atoms with van der Waals surface area (Å²) in [5.41, 5.74) is 6.47. The van der Waals surface area contributed by atoms with Gasteiger partial charge in [-0.25, -0.2) is 9.78 Å². The van der Waals surface area contributed by atoms with E-state index in [4.69, 9.17) is 15.2 Å². The maximum Gasteiger partial charge on any atom is 0.340 e. The third-order valence-electron chi connectivity index (χ3n) is 2.98. The first-order valence-corrected chi connectivity index (χ1v) is 6.41. The molecule has 0 spiro atoms. The second-order valence-corrected chi connectivity index (χ2v) is 4.48. The number of hydrogen-bond donors (Lipinski definition) is 1. The van der Waals surface area contributed by atoms with Gasteiger partial charge in [-0.1, -0.05) is 0 Å². The number of anilines is 2. The molecular weight excluding hydrogens is 246 g/mol. The fourth-order valence-electron chi connectivity index (χ4n) is 2.04. The summed E-state index contributed by atoms with van der Waals surface area (Å²) < 4.78 is 10.5. The van der Waals surface area contributed by atoms with Crippen molar-refractivity contribution in [2.45, 2.75) is 20.0 Å².